The van der Waals surface area contributed by atoms with Crippen LogP contribution in [0.3, 0.4) is 0 Å². The molecule has 1 aromatic heterocycles. The van der Waals surface area contributed by atoms with E-state index in [4.69, 9.17) is 11.5 Å². The van der Waals surface area contributed by atoms with Crippen molar-refractivity contribution in [1.82, 2.24) is 4.98 Å². The molecule has 5 N–H and O–H groups in total. The molecule has 0 aliphatic heterocycles. The van der Waals surface area contributed by atoms with Crippen LogP contribution in [0.2, 0.25) is 0 Å². The maximum atomic E-state index is 11.5. The van der Waals surface area contributed by atoms with Crippen LogP contribution in [0.4, 0.5) is 5.69 Å². The number of anilines is 1. The minimum absolute atomic E-state index is 0.138. The van der Waals surface area contributed by atoms with Gasteiger partial charge < -0.3 is 16.8 Å². The number of carbonyl (C=O) groups is 1. The molecule has 2 atom stereocenters. The molecule has 0 aromatic carbocycles. The summed E-state index contributed by atoms with van der Waals surface area (Å²) in [6.07, 6.45) is 3.17. The molecular formula is C13H20N4O. The number of nitrogens with two attached hydrogens (primary N) is 2. The molecule has 1 amide bonds. The van der Waals surface area contributed by atoms with Gasteiger partial charge in [-0.25, -0.2) is 0 Å². The third-order valence-corrected chi connectivity index (χ3v) is 3.49. The number of hydrogen-bond donors (Lipinski definition) is 3. The van der Waals surface area contributed by atoms with E-state index in [0.29, 0.717) is 11.3 Å². The highest BCUT2D eigenvalue weighted by atomic mass is 16.1. The third-order valence-electron chi connectivity index (χ3n) is 3.49. The largest absolute Gasteiger partial charge is 0.380 e. The van der Waals surface area contributed by atoms with E-state index in [0.717, 1.165) is 30.6 Å². The number of nitrogens with one attached hydrogen (secondary N) is 1. The fourth-order valence-corrected chi connectivity index (χ4v) is 2.62. The van der Waals surface area contributed by atoms with Crippen molar-refractivity contribution in [2.24, 2.45) is 11.5 Å². The Morgan fingerprint density at radius 1 is 1.44 bits per heavy atom. The smallest absolute Gasteiger partial charge is 0.252 e. The summed E-state index contributed by atoms with van der Waals surface area (Å²) in [5.41, 5.74) is 14.2. The maximum Gasteiger partial charge on any atom is 0.252 e. The highest BCUT2D eigenvalue weighted by Crippen LogP contribution is 2.25. The Bertz CT molecular complexity index is 472. The molecule has 1 fully saturated rings. The number of primary amides is 1. The van der Waals surface area contributed by atoms with Gasteiger partial charge in [0.1, 0.15) is 0 Å². The van der Waals surface area contributed by atoms with Gasteiger partial charge in [-0.3, -0.25) is 9.78 Å². The number of rotatable bonds is 3. The lowest BCUT2D eigenvalue weighted by Crippen LogP contribution is -2.36. The van der Waals surface area contributed by atoms with Gasteiger partial charge in [0, 0.05) is 17.8 Å². The quantitative estimate of drug-likeness (QED) is 0.746. The Morgan fingerprint density at radius 2 is 2.17 bits per heavy atom. The molecule has 2 unspecified atom stereocenters. The summed E-state index contributed by atoms with van der Waals surface area (Å²) in [5.74, 6) is -0.450. The van der Waals surface area contributed by atoms with Crippen molar-refractivity contribution in [3.63, 3.8) is 0 Å². The van der Waals surface area contributed by atoms with Gasteiger partial charge in [-0.15, -0.1) is 0 Å². The first-order valence-corrected chi connectivity index (χ1v) is 6.29. The van der Waals surface area contributed by atoms with Crippen LogP contribution in [0, 0.1) is 13.8 Å². The zero-order chi connectivity index (χ0) is 13.3. The summed E-state index contributed by atoms with van der Waals surface area (Å²) in [6, 6.07) is 2.21. The van der Waals surface area contributed by atoms with Gasteiger partial charge in [-0.2, -0.15) is 0 Å². The van der Waals surface area contributed by atoms with E-state index in [1.807, 2.05) is 13.0 Å². The fraction of sp³-hybridized carbons (Fsp3) is 0.538. The third kappa shape index (κ3) is 2.46. The van der Waals surface area contributed by atoms with Crippen LogP contribution in [0.25, 0.3) is 0 Å². The van der Waals surface area contributed by atoms with Crippen molar-refractivity contribution in [3.05, 3.63) is 23.0 Å². The number of pyridine rings is 1. The highest BCUT2D eigenvalue weighted by molar-refractivity contribution is 5.99. The molecule has 2 rings (SSSR count). The van der Waals surface area contributed by atoms with Gasteiger partial charge in [0.15, 0.2) is 0 Å². The number of aromatic nitrogens is 1. The fourth-order valence-electron chi connectivity index (χ4n) is 2.62. The number of amides is 1. The summed E-state index contributed by atoms with van der Waals surface area (Å²) < 4.78 is 0. The first-order valence-electron chi connectivity index (χ1n) is 6.29. The van der Waals surface area contributed by atoms with Crippen LogP contribution < -0.4 is 16.8 Å². The molecule has 1 aromatic rings. The van der Waals surface area contributed by atoms with Crippen molar-refractivity contribution in [1.29, 1.82) is 0 Å². The van der Waals surface area contributed by atoms with Crippen molar-refractivity contribution in [3.8, 4) is 0 Å². The number of hydrogen-bond acceptors (Lipinski definition) is 4. The first-order chi connectivity index (χ1) is 8.49. The Balaban J connectivity index is 2.33. The van der Waals surface area contributed by atoms with E-state index in [2.05, 4.69) is 10.3 Å². The second kappa shape index (κ2) is 4.94. The van der Waals surface area contributed by atoms with Gasteiger partial charge >= 0.3 is 0 Å². The number of aryl methyl sites for hydroxylation is 2. The van der Waals surface area contributed by atoms with Crippen molar-refractivity contribution in [2.75, 3.05) is 5.32 Å². The second-order valence-corrected chi connectivity index (χ2v) is 4.98. The summed E-state index contributed by atoms with van der Waals surface area (Å²) in [5, 5.41) is 3.36. The molecule has 0 saturated heterocycles. The summed E-state index contributed by atoms with van der Waals surface area (Å²) in [7, 11) is 0. The lowest BCUT2D eigenvalue weighted by molar-refractivity contribution is 0.1000. The Hall–Kier alpha value is -1.62. The summed E-state index contributed by atoms with van der Waals surface area (Å²) >= 11 is 0. The Labute approximate surface area is 107 Å². The van der Waals surface area contributed by atoms with Gasteiger partial charge in [0.2, 0.25) is 0 Å². The molecule has 1 aliphatic rings. The van der Waals surface area contributed by atoms with Gasteiger partial charge in [0.05, 0.1) is 16.9 Å². The van der Waals surface area contributed by atoms with Crippen LogP contribution in [-0.4, -0.2) is 23.0 Å². The normalized spacial score (nSPS) is 23.1. The van der Waals surface area contributed by atoms with Crippen molar-refractivity contribution in [2.45, 2.75) is 45.2 Å². The molecule has 0 bridgehead atoms. The van der Waals surface area contributed by atoms with E-state index < -0.39 is 5.91 Å². The van der Waals surface area contributed by atoms with Gasteiger partial charge in [-0.05, 0) is 39.2 Å². The SMILES string of the molecule is Cc1cc(NC2CCCC2N)c(C(N)=O)c(C)n1. The Morgan fingerprint density at radius 3 is 2.72 bits per heavy atom. The van der Waals surface area contributed by atoms with Crippen molar-refractivity contribution >= 4 is 11.6 Å². The number of nitrogens with zero attached hydrogens (tertiary/aromatic N) is 1. The van der Waals surface area contributed by atoms with E-state index >= 15 is 0 Å². The minimum Gasteiger partial charge on any atom is -0.380 e. The molecule has 5 heteroatoms. The average molecular weight is 248 g/mol. The Kier molecular flexibility index (Phi) is 3.52. The van der Waals surface area contributed by atoms with Gasteiger partial charge in [-0.1, -0.05) is 0 Å². The van der Waals surface area contributed by atoms with Crippen LogP contribution in [-0.2, 0) is 0 Å². The summed E-state index contributed by atoms with van der Waals surface area (Å²) in [4.78, 5) is 15.8. The monoisotopic (exact) mass is 248 g/mol. The van der Waals surface area contributed by atoms with E-state index in [1.165, 1.54) is 0 Å². The molecule has 1 saturated carbocycles. The van der Waals surface area contributed by atoms with Gasteiger partial charge in [0.25, 0.3) is 5.91 Å². The zero-order valence-electron chi connectivity index (χ0n) is 10.9. The molecule has 98 valence electrons. The first kappa shape index (κ1) is 12.8. The lowest BCUT2D eigenvalue weighted by atomic mass is 10.1. The molecule has 0 radical (unpaired) electrons. The van der Waals surface area contributed by atoms with E-state index in [1.54, 1.807) is 6.92 Å². The predicted octanol–water partition coefficient (Wildman–Crippen LogP) is 1.09. The second-order valence-electron chi connectivity index (χ2n) is 4.98. The van der Waals surface area contributed by atoms with Crippen LogP contribution in [0.15, 0.2) is 6.07 Å². The summed E-state index contributed by atoms with van der Waals surface area (Å²) in [6.45, 7) is 3.70. The molecule has 1 heterocycles. The molecule has 1 aliphatic carbocycles. The average Bonchev–Trinajstić information content (AvgIpc) is 2.62. The van der Waals surface area contributed by atoms with Crippen LogP contribution >= 0.6 is 0 Å². The molecule has 18 heavy (non-hydrogen) atoms. The van der Waals surface area contributed by atoms with Crippen LogP contribution in [0.1, 0.15) is 41.0 Å². The van der Waals surface area contributed by atoms with E-state index in [9.17, 15) is 4.79 Å². The topological polar surface area (TPSA) is 94.0 Å². The number of carbonyl (C=O) groups excluding carboxylic acids is 1. The molecule has 0 spiro atoms. The molecule has 5 nitrogen and oxygen atoms in total. The maximum absolute atomic E-state index is 11.5. The predicted molar refractivity (Wildman–Crippen MR) is 71.5 cm³/mol. The van der Waals surface area contributed by atoms with Crippen molar-refractivity contribution < 1.29 is 4.79 Å². The van der Waals surface area contributed by atoms with E-state index in [-0.39, 0.29) is 12.1 Å². The highest BCUT2D eigenvalue weighted by Gasteiger charge is 2.25. The minimum atomic E-state index is -0.450. The lowest BCUT2D eigenvalue weighted by Gasteiger charge is -2.21. The standard InChI is InChI=1S/C13H20N4O/c1-7-6-11(12(13(15)18)8(2)16-7)17-10-5-3-4-9(10)14/h6,9-10H,3-5,14H2,1-2H3,(H2,15,18)(H,16,17). The zero-order valence-corrected chi connectivity index (χ0v) is 10.9. The van der Waals surface area contributed by atoms with Crippen LogP contribution in [0.5, 0.6) is 0 Å². The molecular weight excluding hydrogens is 228 g/mol.